The predicted octanol–water partition coefficient (Wildman–Crippen LogP) is 3.25. The third kappa shape index (κ3) is 4.78. The van der Waals surface area contributed by atoms with Crippen molar-refractivity contribution in [1.29, 1.82) is 0 Å². The molecule has 5 heteroatoms. The lowest BCUT2D eigenvalue weighted by atomic mass is 10.1. The summed E-state index contributed by atoms with van der Waals surface area (Å²) in [5.41, 5.74) is 1.32. The normalized spacial score (nSPS) is 11.0. The summed E-state index contributed by atoms with van der Waals surface area (Å²) in [6.45, 7) is 0.131. The molecule has 0 saturated heterocycles. The molecule has 5 nitrogen and oxygen atoms in total. The number of carboxylic acid groups (broad SMARTS) is 1. The first-order valence-corrected chi connectivity index (χ1v) is 6.97. The van der Waals surface area contributed by atoms with Crippen molar-refractivity contribution in [2.75, 3.05) is 20.8 Å². The van der Waals surface area contributed by atoms with Crippen LogP contribution in [0.25, 0.3) is 5.57 Å². The Balaban J connectivity index is 2.17. The number of carboxylic acids is 1. The molecule has 0 fully saturated rings. The SMILES string of the molecule is COc1ccc(/C(=C\C(=O)O)COc2cccc(OC)c2)cc1. The van der Waals surface area contributed by atoms with Gasteiger partial charge in [-0.1, -0.05) is 18.2 Å². The van der Waals surface area contributed by atoms with Gasteiger partial charge in [0.1, 0.15) is 23.9 Å². The van der Waals surface area contributed by atoms with Gasteiger partial charge in [-0.2, -0.15) is 0 Å². The van der Waals surface area contributed by atoms with E-state index in [4.69, 9.17) is 19.3 Å². The van der Waals surface area contributed by atoms with Gasteiger partial charge >= 0.3 is 5.97 Å². The average molecular weight is 314 g/mol. The third-order valence-corrected chi connectivity index (χ3v) is 3.19. The topological polar surface area (TPSA) is 65.0 Å². The van der Waals surface area contributed by atoms with Gasteiger partial charge in [0.25, 0.3) is 0 Å². The summed E-state index contributed by atoms with van der Waals surface area (Å²) >= 11 is 0. The minimum atomic E-state index is -1.02. The molecule has 0 saturated carbocycles. The lowest BCUT2D eigenvalue weighted by Gasteiger charge is -2.11. The van der Waals surface area contributed by atoms with Crippen LogP contribution >= 0.6 is 0 Å². The van der Waals surface area contributed by atoms with Crippen molar-refractivity contribution in [1.82, 2.24) is 0 Å². The molecule has 120 valence electrons. The smallest absolute Gasteiger partial charge is 0.328 e. The van der Waals surface area contributed by atoms with Crippen LogP contribution in [-0.2, 0) is 4.79 Å². The van der Waals surface area contributed by atoms with E-state index in [0.29, 0.717) is 22.8 Å². The first-order chi connectivity index (χ1) is 11.1. The number of rotatable bonds is 7. The van der Waals surface area contributed by atoms with Crippen molar-refractivity contribution in [3.63, 3.8) is 0 Å². The zero-order valence-corrected chi connectivity index (χ0v) is 13.0. The predicted molar refractivity (Wildman–Crippen MR) is 87.1 cm³/mol. The van der Waals surface area contributed by atoms with Gasteiger partial charge in [-0.15, -0.1) is 0 Å². The molecule has 2 aromatic rings. The molecule has 0 unspecified atom stereocenters. The Morgan fingerprint density at radius 3 is 2.26 bits per heavy atom. The van der Waals surface area contributed by atoms with E-state index in [1.54, 1.807) is 50.6 Å². The van der Waals surface area contributed by atoms with E-state index in [-0.39, 0.29) is 6.61 Å². The molecule has 2 aromatic carbocycles. The summed E-state index contributed by atoms with van der Waals surface area (Å²) in [5, 5.41) is 9.05. The third-order valence-electron chi connectivity index (χ3n) is 3.19. The van der Waals surface area contributed by atoms with Crippen LogP contribution in [-0.4, -0.2) is 31.9 Å². The molecule has 0 aromatic heterocycles. The summed E-state index contributed by atoms with van der Waals surface area (Å²) in [5.74, 6) is 0.965. The number of hydrogen-bond acceptors (Lipinski definition) is 4. The Bertz CT molecular complexity index is 689. The zero-order chi connectivity index (χ0) is 16.7. The second kappa shape index (κ2) is 7.89. The van der Waals surface area contributed by atoms with Crippen LogP contribution in [0.15, 0.2) is 54.6 Å². The lowest BCUT2D eigenvalue weighted by molar-refractivity contribution is -0.131. The van der Waals surface area contributed by atoms with E-state index in [1.165, 1.54) is 0 Å². The highest BCUT2D eigenvalue weighted by Gasteiger charge is 2.07. The average Bonchev–Trinajstić information content (AvgIpc) is 2.58. The van der Waals surface area contributed by atoms with Gasteiger partial charge in [-0.25, -0.2) is 4.79 Å². The Kier molecular flexibility index (Phi) is 5.63. The van der Waals surface area contributed by atoms with Crippen LogP contribution in [0.5, 0.6) is 17.2 Å². The highest BCUT2D eigenvalue weighted by Crippen LogP contribution is 2.23. The summed E-state index contributed by atoms with van der Waals surface area (Å²) in [4.78, 5) is 11.0. The number of ether oxygens (including phenoxy) is 3. The molecular formula is C18H18O5. The van der Waals surface area contributed by atoms with Crippen LogP contribution in [0, 0.1) is 0 Å². The van der Waals surface area contributed by atoms with Crippen molar-refractivity contribution >= 4 is 11.5 Å². The molecule has 0 spiro atoms. The minimum Gasteiger partial charge on any atom is -0.497 e. The molecule has 0 aliphatic carbocycles. The monoisotopic (exact) mass is 314 g/mol. The number of hydrogen-bond donors (Lipinski definition) is 1. The van der Waals surface area contributed by atoms with Gasteiger partial charge in [0.2, 0.25) is 0 Å². The van der Waals surface area contributed by atoms with Crippen molar-refractivity contribution < 1.29 is 24.1 Å². The molecule has 0 radical (unpaired) electrons. The summed E-state index contributed by atoms with van der Waals surface area (Å²) in [6.07, 6.45) is 1.14. The van der Waals surface area contributed by atoms with E-state index >= 15 is 0 Å². The van der Waals surface area contributed by atoms with Crippen LogP contribution in [0.2, 0.25) is 0 Å². The van der Waals surface area contributed by atoms with Gasteiger partial charge < -0.3 is 19.3 Å². The number of methoxy groups -OCH3 is 2. The minimum absolute atomic E-state index is 0.131. The van der Waals surface area contributed by atoms with Gasteiger partial charge in [-0.3, -0.25) is 0 Å². The van der Waals surface area contributed by atoms with E-state index in [1.807, 2.05) is 12.1 Å². The molecule has 23 heavy (non-hydrogen) atoms. The first-order valence-electron chi connectivity index (χ1n) is 6.97. The quantitative estimate of drug-likeness (QED) is 0.795. The Labute approximate surface area is 134 Å². The molecule has 0 aliphatic rings. The van der Waals surface area contributed by atoms with Gasteiger partial charge in [-0.05, 0) is 29.8 Å². The van der Waals surface area contributed by atoms with Crippen molar-refractivity contribution in [2.24, 2.45) is 0 Å². The zero-order valence-electron chi connectivity index (χ0n) is 13.0. The fourth-order valence-electron chi connectivity index (χ4n) is 2.01. The number of benzene rings is 2. The van der Waals surface area contributed by atoms with E-state index in [9.17, 15) is 4.79 Å². The number of aliphatic carboxylic acids is 1. The van der Waals surface area contributed by atoms with E-state index in [2.05, 4.69) is 0 Å². The van der Waals surface area contributed by atoms with Crippen LogP contribution in [0.4, 0.5) is 0 Å². The summed E-state index contributed by atoms with van der Waals surface area (Å²) in [7, 11) is 3.15. The Hall–Kier alpha value is -2.95. The molecule has 0 bridgehead atoms. The fraction of sp³-hybridized carbons (Fsp3) is 0.167. The molecule has 0 amide bonds. The molecule has 0 atom stereocenters. The highest BCUT2D eigenvalue weighted by molar-refractivity contribution is 5.90. The van der Waals surface area contributed by atoms with E-state index in [0.717, 1.165) is 11.6 Å². The molecule has 0 heterocycles. The Morgan fingerprint density at radius 1 is 1.00 bits per heavy atom. The standard InChI is InChI=1S/C18H18O5/c1-21-15-8-6-13(7-9-15)14(10-18(19)20)12-23-17-5-3-4-16(11-17)22-2/h3-11H,12H2,1-2H3,(H,19,20)/b14-10-. The maximum atomic E-state index is 11.0. The van der Waals surface area contributed by atoms with Gasteiger partial charge in [0, 0.05) is 17.7 Å². The largest absolute Gasteiger partial charge is 0.497 e. The van der Waals surface area contributed by atoms with Crippen LogP contribution in [0.3, 0.4) is 0 Å². The maximum Gasteiger partial charge on any atom is 0.328 e. The number of carbonyl (C=O) groups is 1. The molecule has 2 rings (SSSR count). The van der Waals surface area contributed by atoms with Gasteiger partial charge in [0.05, 0.1) is 14.2 Å². The van der Waals surface area contributed by atoms with Crippen molar-refractivity contribution in [2.45, 2.75) is 0 Å². The first kappa shape index (κ1) is 16.4. The lowest BCUT2D eigenvalue weighted by Crippen LogP contribution is -2.04. The highest BCUT2D eigenvalue weighted by atomic mass is 16.5. The van der Waals surface area contributed by atoms with Crippen molar-refractivity contribution in [3.8, 4) is 17.2 Å². The van der Waals surface area contributed by atoms with E-state index < -0.39 is 5.97 Å². The van der Waals surface area contributed by atoms with Crippen molar-refractivity contribution in [3.05, 3.63) is 60.2 Å². The van der Waals surface area contributed by atoms with Crippen LogP contribution < -0.4 is 14.2 Å². The van der Waals surface area contributed by atoms with Gasteiger partial charge in [0.15, 0.2) is 0 Å². The molecule has 0 aliphatic heterocycles. The summed E-state index contributed by atoms with van der Waals surface area (Å²) < 4.78 is 15.9. The van der Waals surface area contributed by atoms with Crippen LogP contribution in [0.1, 0.15) is 5.56 Å². The second-order valence-corrected chi connectivity index (χ2v) is 4.70. The molecule has 1 N–H and O–H groups in total. The maximum absolute atomic E-state index is 11.0. The second-order valence-electron chi connectivity index (χ2n) is 4.70. The summed E-state index contributed by atoms with van der Waals surface area (Å²) in [6, 6.07) is 14.3. The Morgan fingerprint density at radius 2 is 1.65 bits per heavy atom. The molecular weight excluding hydrogens is 296 g/mol. The fourth-order valence-corrected chi connectivity index (χ4v) is 2.01.